The summed E-state index contributed by atoms with van der Waals surface area (Å²) in [7, 11) is 0. The van der Waals surface area contributed by atoms with E-state index in [4.69, 9.17) is 0 Å². The molecule has 1 heterocycles. The van der Waals surface area contributed by atoms with Gasteiger partial charge in [-0.05, 0) is 31.0 Å². The van der Waals surface area contributed by atoms with Crippen LogP contribution in [-0.2, 0) is 11.3 Å². The number of halogens is 1. The van der Waals surface area contributed by atoms with Crippen LogP contribution in [0.5, 0.6) is 0 Å². The van der Waals surface area contributed by atoms with Crippen LogP contribution in [-0.4, -0.2) is 22.2 Å². The quantitative estimate of drug-likeness (QED) is 0.881. The van der Waals surface area contributed by atoms with Crippen LogP contribution in [0, 0.1) is 5.82 Å². The highest BCUT2D eigenvalue weighted by molar-refractivity contribution is 5.75. The molecule has 1 aromatic heterocycles. The zero-order chi connectivity index (χ0) is 14.4. The van der Waals surface area contributed by atoms with Gasteiger partial charge in [0.2, 0.25) is 5.91 Å². The van der Waals surface area contributed by atoms with Crippen molar-refractivity contribution >= 4 is 5.91 Å². The molecule has 20 heavy (non-hydrogen) atoms. The van der Waals surface area contributed by atoms with E-state index >= 15 is 0 Å². The number of carbonyl (C=O) groups is 1. The van der Waals surface area contributed by atoms with Gasteiger partial charge in [0.15, 0.2) is 0 Å². The van der Waals surface area contributed by atoms with Gasteiger partial charge < -0.3 is 5.32 Å². The van der Waals surface area contributed by atoms with Crippen LogP contribution in [0.4, 0.5) is 4.39 Å². The summed E-state index contributed by atoms with van der Waals surface area (Å²) in [4.78, 5) is 11.3. The third-order valence-corrected chi connectivity index (χ3v) is 2.98. The summed E-state index contributed by atoms with van der Waals surface area (Å²) < 4.78 is 14.7. The molecule has 0 aliphatic carbocycles. The molecule has 1 aromatic carbocycles. The van der Waals surface area contributed by atoms with E-state index in [-0.39, 0.29) is 11.7 Å². The van der Waals surface area contributed by atoms with Crippen molar-refractivity contribution in [2.45, 2.75) is 26.3 Å². The molecule has 2 aromatic rings. The molecule has 0 fully saturated rings. The second kappa shape index (κ2) is 6.84. The van der Waals surface area contributed by atoms with Crippen LogP contribution in [0.1, 0.15) is 19.8 Å². The molecule has 4 nitrogen and oxygen atoms in total. The minimum atomic E-state index is -0.247. The Bertz CT molecular complexity index is 563. The molecule has 0 saturated heterocycles. The van der Waals surface area contributed by atoms with Gasteiger partial charge in [0.1, 0.15) is 5.82 Å². The van der Waals surface area contributed by atoms with E-state index in [0.717, 1.165) is 17.5 Å². The Labute approximate surface area is 117 Å². The second-order valence-electron chi connectivity index (χ2n) is 4.56. The van der Waals surface area contributed by atoms with Gasteiger partial charge in [-0.3, -0.25) is 9.48 Å². The monoisotopic (exact) mass is 275 g/mol. The van der Waals surface area contributed by atoms with Gasteiger partial charge >= 0.3 is 0 Å². The summed E-state index contributed by atoms with van der Waals surface area (Å²) in [5.41, 5.74) is 1.88. The fourth-order valence-corrected chi connectivity index (χ4v) is 1.96. The molecule has 5 heteroatoms. The van der Waals surface area contributed by atoms with Crippen LogP contribution in [0.2, 0.25) is 0 Å². The predicted molar refractivity (Wildman–Crippen MR) is 75.5 cm³/mol. The van der Waals surface area contributed by atoms with Crippen LogP contribution in [0.3, 0.4) is 0 Å². The maximum absolute atomic E-state index is 12.9. The largest absolute Gasteiger partial charge is 0.356 e. The third kappa shape index (κ3) is 3.91. The van der Waals surface area contributed by atoms with Crippen molar-refractivity contribution in [1.29, 1.82) is 0 Å². The third-order valence-electron chi connectivity index (χ3n) is 2.98. The van der Waals surface area contributed by atoms with Crippen molar-refractivity contribution in [1.82, 2.24) is 15.1 Å². The van der Waals surface area contributed by atoms with E-state index in [2.05, 4.69) is 10.4 Å². The molecule has 0 radical (unpaired) electrons. The average molecular weight is 275 g/mol. The van der Waals surface area contributed by atoms with Gasteiger partial charge in [0.05, 0.1) is 6.20 Å². The molecule has 0 aliphatic heterocycles. The average Bonchev–Trinajstić information content (AvgIpc) is 2.89. The molecular weight excluding hydrogens is 257 g/mol. The Balaban J connectivity index is 1.89. The number of hydrogen-bond donors (Lipinski definition) is 1. The maximum Gasteiger partial charge on any atom is 0.220 e. The lowest BCUT2D eigenvalue weighted by Gasteiger charge is -2.02. The van der Waals surface area contributed by atoms with Crippen LogP contribution in [0.15, 0.2) is 36.7 Å². The van der Waals surface area contributed by atoms with Gasteiger partial charge in [-0.25, -0.2) is 4.39 Å². The zero-order valence-electron chi connectivity index (χ0n) is 11.5. The number of aromatic nitrogens is 2. The summed E-state index contributed by atoms with van der Waals surface area (Å²) >= 11 is 0. The van der Waals surface area contributed by atoms with E-state index in [1.807, 2.05) is 13.1 Å². The minimum Gasteiger partial charge on any atom is -0.356 e. The Morgan fingerprint density at radius 2 is 2.05 bits per heavy atom. The van der Waals surface area contributed by atoms with E-state index in [9.17, 15) is 9.18 Å². The lowest BCUT2D eigenvalue weighted by atomic mass is 10.1. The molecule has 2 rings (SSSR count). The molecule has 0 saturated carbocycles. The molecule has 0 atom stereocenters. The van der Waals surface area contributed by atoms with E-state index in [1.165, 1.54) is 12.1 Å². The molecule has 1 N–H and O–H groups in total. The van der Waals surface area contributed by atoms with Crippen molar-refractivity contribution in [2.75, 3.05) is 6.54 Å². The van der Waals surface area contributed by atoms with Crippen LogP contribution >= 0.6 is 0 Å². The fraction of sp³-hybridized carbons (Fsp3) is 0.333. The Morgan fingerprint density at radius 3 is 2.75 bits per heavy atom. The smallest absolute Gasteiger partial charge is 0.220 e. The summed E-state index contributed by atoms with van der Waals surface area (Å²) in [6.07, 6.45) is 4.90. The number of hydrogen-bond acceptors (Lipinski definition) is 2. The standard InChI is InChI=1S/C15H18FN3O/c1-2-17-15(20)4-3-9-19-11-13(10-18-19)12-5-7-14(16)8-6-12/h5-8,10-11H,2-4,9H2,1H3,(H,17,20). The van der Waals surface area contributed by atoms with Crippen LogP contribution in [0.25, 0.3) is 11.1 Å². The first-order chi connectivity index (χ1) is 9.69. The Kier molecular flexibility index (Phi) is 4.87. The Hall–Kier alpha value is -2.17. The summed E-state index contributed by atoms with van der Waals surface area (Å²) in [5.74, 6) is -0.179. The highest BCUT2D eigenvalue weighted by Crippen LogP contribution is 2.18. The zero-order valence-corrected chi connectivity index (χ0v) is 11.5. The minimum absolute atomic E-state index is 0.0680. The van der Waals surface area contributed by atoms with Crippen molar-refractivity contribution in [3.05, 3.63) is 42.5 Å². The van der Waals surface area contributed by atoms with Crippen molar-refractivity contribution in [2.24, 2.45) is 0 Å². The number of amides is 1. The van der Waals surface area contributed by atoms with Gasteiger partial charge in [-0.2, -0.15) is 5.10 Å². The van der Waals surface area contributed by atoms with E-state index in [0.29, 0.717) is 19.5 Å². The van der Waals surface area contributed by atoms with Crippen molar-refractivity contribution in [3.63, 3.8) is 0 Å². The first-order valence-electron chi connectivity index (χ1n) is 6.74. The molecular formula is C15H18FN3O. The van der Waals surface area contributed by atoms with Gasteiger partial charge in [-0.1, -0.05) is 12.1 Å². The van der Waals surface area contributed by atoms with E-state index < -0.39 is 0 Å². The second-order valence-corrected chi connectivity index (χ2v) is 4.56. The lowest BCUT2D eigenvalue weighted by molar-refractivity contribution is -0.121. The van der Waals surface area contributed by atoms with Crippen molar-refractivity contribution in [3.8, 4) is 11.1 Å². The summed E-state index contributed by atoms with van der Waals surface area (Å²) in [6, 6.07) is 6.32. The highest BCUT2D eigenvalue weighted by Gasteiger charge is 2.03. The highest BCUT2D eigenvalue weighted by atomic mass is 19.1. The number of nitrogens with zero attached hydrogens (tertiary/aromatic N) is 2. The first kappa shape index (κ1) is 14.2. The number of nitrogens with one attached hydrogen (secondary N) is 1. The van der Waals surface area contributed by atoms with Gasteiger partial charge in [0.25, 0.3) is 0 Å². The fourth-order valence-electron chi connectivity index (χ4n) is 1.96. The number of rotatable bonds is 6. The topological polar surface area (TPSA) is 46.9 Å². The molecule has 1 amide bonds. The van der Waals surface area contributed by atoms with Gasteiger partial charge in [0, 0.05) is 31.3 Å². The van der Waals surface area contributed by atoms with Crippen LogP contribution < -0.4 is 5.32 Å². The number of carbonyl (C=O) groups excluding carboxylic acids is 1. The summed E-state index contributed by atoms with van der Waals surface area (Å²) in [6.45, 7) is 3.26. The SMILES string of the molecule is CCNC(=O)CCCn1cc(-c2ccc(F)cc2)cn1. The summed E-state index contributed by atoms with van der Waals surface area (Å²) in [5, 5.41) is 7.01. The molecule has 0 unspecified atom stereocenters. The molecule has 106 valence electrons. The Morgan fingerprint density at radius 1 is 1.30 bits per heavy atom. The van der Waals surface area contributed by atoms with Gasteiger partial charge in [-0.15, -0.1) is 0 Å². The van der Waals surface area contributed by atoms with E-state index in [1.54, 1.807) is 23.0 Å². The maximum atomic E-state index is 12.9. The first-order valence-corrected chi connectivity index (χ1v) is 6.74. The van der Waals surface area contributed by atoms with Crippen molar-refractivity contribution < 1.29 is 9.18 Å². The predicted octanol–water partition coefficient (Wildman–Crippen LogP) is 2.61. The molecule has 0 bridgehead atoms. The number of benzene rings is 1. The molecule has 0 spiro atoms. The molecule has 0 aliphatic rings. The normalized spacial score (nSPS) is 10.5. The number of aryl methyl sites for hydroxylation is 1. The lowest BCUT2D eigenvalue weighted by Crippen LogP contribution is -2.22.